The number of hydrogen-bond acceptors (Lipinski definition) is 6. The molecule has 8 nitrogen and oxygen atoms in total. The predicted molar refractivity (Wildman–Crippen MR) is 119 cm³/mol. The van der Waals surface area contributed by atoms with Crippen LogP contribution in [0.3, 0.4) is 0 Å². The number of rotatable bonds is 5. The van der Waals surface area contributed by atoms with E-state index in [2.05, 4.69) is 20.1 Å². The molecule has 0 atom stereocenters. The lowest BCUT2D eigenvalue weighted by molar-refractivity contribution is -0.0456. The molecule has 0 radical (unpaired) electrons. The van der Waals surface area contributed by atoms with Gasteiger partial charge in [0.15, 0.2) is 0 Å². The molecule has 0 spiro atoms. The molecular formula is C24H23F2N5O3. The highest BCUT2D eigenvalue weighted by Gasteiger charge is 2.35. The van der Waals surface area contributed by atoms with E-state index in [-0.39, 0.29) is 30.3 Å². The Morgan fingerprint density at radius 3 is 2.50 bits per heavy atom. The van der Waals surface area contributed by atoms with Gasteiger partial charge >= 0.3 is 5.97 Å². The molecule has 1 saturated carbocycles. The van der Waals surface area contributed by atoms with Crippen LogP contribution in [-0.2, 0) is 6.42 Å². The Bertz CT molecular complexity index is 1350. The van der Waals surface area contributed by atoms with Crippen molar-refractivity contribution in [2.45, 2.75) is 51.9 Å². The van der Waals surface area contributed by atoms with Crippen LogP contribution in [0.1, 0.15) is 53.1 Å². The topological polar surface area (TPSA) is 107 Å². The fourth-order valence-corrected chi connectivity index (χ4v) is 4.69. The summed E-state index contributed by atoms with van der Waals surface area (Å²) in [5.41, 5.74) is 4.01. The number of alkyl halides is 2. The minimum absolute atomic E-state index is 0.0165. The second-order valence-electron chi connectivity index (χ2n) is 8.90. The highest BCUT2D eigenvalue weighted by atomic mass is 19.3. The lowest BCUT2D eigenvalue weighted by atomic mass is 9.83. The van der Waals surface area contributed by atoms with Gasteiger partial charge in [-0.2, -0.15) is 0 Å². The molecule has 34 heavy (non-hydrogen) atoms. The van der Waals surface area contributed by atoms with Crippen molar-refractivity contribution in [2.24, 2.45) is 5.92 Å². The van der Waals surface area contributed by atoms with E-state index in [9.17, 15) is 13.6 Å². The molecular weight excluding hydrogens is 444 g/mol. The molecule has 0 saturated heterocycles. The standard InChI is InChI=1S/C24H23F2N5O3/c1-13-20(14(2)34-30-13)16-8-19-17(7-15-3-5-24(25,26)6-4-15)12-31(21(19)27-9-16)23-28-10-18(11-29-23)22(32)33/h8-12,15H,3-7H2,1-2H3,(H,32,33). The smallest absolute Gasteiger partial charge is 0.338 e. The normalized spacial score (nSPS) is 16.2. The number of carboxylic acid groups (broad SMARTS) is 1. The SMILES string of the molecule is Cc1noc(C)c1-c1cnc2c(c1)c(CC1CCC(F)(F)CC1)cn2-c1ncc(C(=O)O)cn1. The molecule has 1 fully saturated rings. The van der Waals surface area contributed by atoms with Gasteiger partial charge in [-0.1, -0.05) is 5.16 Å². The average Bonchev–Trinajstić information content (AvgIpc) is 3.34. The van der Waals surface area contributed by atoms with Crippen LogP contribution in [-0.4, -0.2) is 41.7 Å². The minimum Gasteiger partial charge on any atom is -0.478 e. The molecule has 0 bridgehead atoms. The Morgan fingerprint density at radius 1 is 1.18 bits per heavy atom. The van der Waals surface area contributed by atoms with Crippen molar-refractivity contribution in [3.8, 4) is 17.1 Å². The number of carboxylic acids is 1. The van der Waals surface area contributed by atoms with Crippen LogP contribution in [0, 0.1) is 19.8 Å². The van der Waals surface area contributed by atoms with E-state index in [1.807, 2.05) is 26.1 Å². The largest absolute Gasteiger partial charge is 0.478 e. The number of aryl methyl sites for hydroxylation is 2. The predicted octanol–water partition coefficient (Wildman–Crippen LogP) is 5.15. The van der Waals surface area contributed by atoms with E-state index in [4.69, 9.17) is 9.63 Å². The fraction of sp³-hybridized carbons (Fsp3) is 0.375. The quantitative estimate of drug-likeness (QED) is 0.432. The van der Waals surface area contributed by atoms with Crippen molar-refractivity contribution in [2.75, 3.05) is 0 Å². The zero-order valence-electron chi connectivity index (χ0n) is 18.8. The minimum atomic E-state index is -2.58. The summed E-state index contributed by atoms with van der Waals surface area (Å²) in [6.07, 6.45) is 7.44. The first-order chi connectivity index (χ1) is 16.2. The van der Waals surface area contributed by atoms with Gasteiger partial charge in [-0.3, -0.25) is 4.57 Å². The second-order valence-corrected chi connectivity index (χ2v) is 8.90. The maximum Gasteiger partial charge on any atom is 0.338 e. The molecule has 0 aromatic carbocycles. The summed E-state index contributed by atoms with van der Waals surface area (Å²) in [4.78, 5) is 24.3. The van der Waals surface area contributed by atoms with Crippen molar-refractivity contribution in [1.29, 1.82) is 0 Å². The van der Waals surface area contributed by atoms with Crippen LogP contribution in [0.5, 0.6) is 0 Å². The molecule has 4 heterocycles. The van der Waals surface area contributed by atoms with Gasteiger partial charge in [0.05, 0.1) is 11.3 Å². The summed E-state index contributed by atoms with van der Waals surface area (Å²) in [5, 5.41) is 14.0. The Kier molecular flexibility index (Phi) is 5.38. The summed E-state index contributed by atoms with van der Waals surface area (Å²) in [6.45, 7) is 3.70. The number of nitrogens with zero attached hydrogens (tertiary/aromatic N) is 5. The zero-order valence-corrected chi connectivity index (χ0v) is 18.8. The van der Waals surface area contributed by atoms with Crippen molar-refractivity contribution in [1.82, 2.24) is 24.7 Å². The second kappa shape index (κ2) is 8.27. The first kappa shape index (κ1) is 22.1. The van der Waals surface area contributed by atoms with Crippen LogP contribution < -0.4 is 0 Å². The number of aromatic nitrogens is 5. The first-order valence-electron chi connectivity index (χ1n) is 11.1. The number of halogens is 2. The van der Waals surface area contributed by atoms with Crippen molar-refractivity contribution >= 4 is 17.0 Å². The lowest BCUT2D eigenvalue weighted by Gasteiger charge is -2.28. The molecule has 176 valence electrons. The van der Waals surface area contributed by atoms with E-state index < -0.39 is 11.9 Å². The molecule has 1 aliphatic rings. The van der Waals surface area contributed by atoms with Crippen LogP contribution >= 0.6 is 0 Å². The average molecular weight is 467 g/mol. The number of hydrogen-bond donors (Lipinski definition) is 1. The van der Waals surface area contributed by atoms with Crippen molar-refractivity contribution in [3.63, 3.8) is 0 Å². The zero-order chi connectivity index (χ0) is 24.0. The van der Waals surface area contributed by atoms with Crippen LogP contribution in [0.15, 0.2) is 35.4 Å². The van der Waals surface area contributed by atoms with Crippen LogP contribution in [0.2, 0.25) is 0 Å². The van der Waals surface area contributed by atoms with Crippen LogP contribution in [0.25, 0.3) is 28.1 Å². The third-order valence-corrected chi connectivity index (χ3v) is 6.49. The van der Waals surface area contributed by atoms with Gasteiger partial charge in [0.25, 0.3) is 0 Å². The Morgan fingerprint density at radius 2 is 1.88 bits per heavy atom. The van der Waals surface area contributed by atoms with E-state index in [1.54, 1.807) is 10.8 Å². The summed E-state index contributed by atoms with van der Waals surface area (Å²) >= 11 is 0. The van der Waals surface area contributed by atoms with Gasteiger partial charge in [-0.05, 0) is 50.7 Å². The van der Waals surface area contributed by atoms with E-state index in [1.165, 1.54) is 12.4 Å². The highest BCUT2D eigenvalue weighted by Crippen LogP contribution is 2.39. The van der Waals surface area contributed by atoms with Gasteiger partial charge in [-0.25, -0.2) is 28.5 Å². The molecule has 1 aliphatic carbocycles. The van der Waals surface area contributed by atoms with Gasteiger partial charge in [0, 0.05) is 54.1 Å². The molecule has 0 aliphatic heterocycles. The first-order valence-corrected chi connectivity index (χ1v) is 11.1. The number of fused-ring (bicyclic) bond motifs is 1. The Balaban J connectivity index is 1.59. The summed E-state index contributed by atoms with van der Waals surface area (Å²) in [6, 6.07) is 2.00. The molecule has 4 aromatic rings. The van der Waals surface area contributed by atoms with E-state index in [0.717, 1.165) is 27.8 Å². The van der Waals surface area contributed by atoms with Gasteiger partial charge in [0.1, 0.15) is 11.4 Å². The lowest BCUT2D eigenvalue weighted by Crippen LogP contribution is -2.25. The van der Waals surface area contributed by atoms with E-state index in [0.29, 0.717) is 30.7 Å². The maximum absolute atomic E-state index is 13.7. The summed E-state index contributed by atoms with van der Waals surface area (Å²) in [7, 11) is 0. The maximum atomic E-state index is 13.7. The Hall–Kier alpha value is -3.69. The number of aromatic carboxylic acids is 1. The molecule has 0 unspecified atom stereocenters. The monoisotopic (exact) mass is 467 g/mol. The summed E-state index contributed by atoms with van der Waals surface area (Å²) in [5.74, 6) is -2.59. The molecule has 1 N–H and O–H groups in total. The molecule has 10 heteroatoms. The van der Waals surface area contributed by atoms with Gasteiger partial charge < -0.3 is 9.63 Å². The fourth-order valence-electron chi connectivity index (χ4n) is 4.69. The van der Waals surface area contributed by atoms with Crippen molar-refractivity contribution in [3.05, 3.63) is 53.4 Å². The van der Waals surface area contributed by atoms with E-state index >= 15 is 0 Å². The van der Waals surface area contributed by atoms with Gasteiger partial charge in [-0.15, -0.1) is 0 Å². The third kappa shape index (κ3) is 4.04. The van der Waals surface area contributed by atoms with Crippen molar-refractivity contribution < 1.29 is 23.2 Å². The Labute approximate surface area is 193 Å². The highest BCUT2D eigenvalue weighted by molar-refractivity contribution is 5.88. The van der Waals surface area contributed by atoms with Crippen LogP contribution in [0.4, 0.5) is 8.78 Å². The number of carbonyl (C=O) groups is 1. The summed E-state index contributed by atoms with van der Waals surface area (Å²) < 4.78 is 34.4. The number of pyridine rings is 1. The molecule has 5 rings (SSSR count). The molecule has 0 amide bonds. The third-order valence-electron chi connectivity index (χ3n) is 6.49. The molecule has 4 aromatic heterocycles. The van der Waals surface area contributed by atoms with Gasteiger partial charge in [0.2, 0.25) is 11.9 Å².